The maximum absolute atomic E-state index is 12.5. The van der Waals surface area contributed by atoms with Gasteiger partial charge in [-0.05, 0) is 18.8 Å². The third kappa shape index (κ3) is 5.12. The smallest absolute Gasteiger partial charge is 0.367 e. The summed E-state index contributed by atoms with van der Waals surface area (Å²) in [7, 11) is 1.70. The maximum Gasteiger partial charge on any atom is 0.414 e. The average Bonchev–Trinajstić information content (AvgIpc) is 3.04. The number of ether oxygens (including phenoxy) is 1. The van der Waals surface area contributed by atoms with Crippen LogP contribution < -0.4 is 10.6 Å². The molecule has 6 nitrogen and oxygen atoms in total. The highest BCUT2D eigenvalue weighted by atomic mass is 19.4. The van der Waals surface area contributed by atoms with Crippen LogP contribution in [0.25, 0.3) is 0 Å². The van der Waals surface area contributed by atoms with Gasteiger partial charge in [0.2, 0.25) is 0 Å². The van der Waals surface area contributed by atoms with Crippen molar-refractivity contribution in [3.8, 4) is 0 Å². The summed E-state index contributed by atoms with van der Waals surface area (Å²) < 4.78 is 43.8. The number of carbonyl (C=O) groups excluding carboxylic acids is 1. The lowest BCUT2D eigenvalue weighted by Crippen LogP contribution is -2.39. The largest absolute Gasteiger partial charge is 0.414 e. The number of aryl methyl sites for hydroxylation is 2. The lowest BCUT2D eigenvalue weighted by molar-refractivity contribution is -0.206. The number of anilines is 1. The lowest BCUT2D eigenvalue weighted by atomic mass is 10.1. The van der Waals surface area contributed by atoms with Crippen molar-refractivity contribution in [2.24, 2.45) is 13.0 Å². The lowest BCUT2D eigenvalue weighted by Gasteiger charge is -2.14. The highest BCUT2D eigenvalue weighted by molar-refractivity contribution is 5.88. The average molecular weight is 348 g/mol. The van der Waals surface area contributed by atoms with Crippen LogP contribution in [0.1, 0.15) is 32.4 Å². The molecule has 2 amide bonds. The van der Waals surface area contributed by atoms with Crippen LogP contribution in [0, 0.1) is 5.92 Å². The SMILES string of the molecule is CC(C)CCc1cc(NC(=O)N[C@@H]2CO[C@H](C(F)(F)F)C2)n(C)n1. The number of carbonyl (C=O) groups is 1. The third-order valence-corrected chi connectivity index (χ3v) is 3.85. The molecule has 1 aromatic heterocycles. The Morgan fingerprint density at radius 1 is 1.50 bits per heavy atom. The van der Waals surface area contributed by atoms with Crippen LogP contribution in [-0.4, -0.2) is 40.7 Å². The summed E-state index contributed by atoms with van der Waals surface area (Å²) in [5.41, 5.74) is 0.864. The topological polar surface area (TPSA) is 68.2 Å². The molecule has 1 aliphatic heterocycles. The van der Waals surface area contributed by atoms with Crippen LogP contribution in [0.2, 0.25) is 0 Å². The second-order valence-corrected chi connectivity index (χ2v) is 6.47. The first-order valence-corrected chi connectivity index (χ1v) is 7.94. The summed E-state index contributed by atoms with van der Waals surface area (Å²) in [5.74, 6) is 1.05. The van der Waals surface area contributed by atoms with Crippen molar-refractivity contribution in [1.29, 1.82) is 0 Å². The molecule has 9 heteroatoms. The standard InChI is InChI=1S/C15H23F3N4O2/c1-9(2)4-5-10-7-13(22(3)21-10)20-14(23)19-11-6-12(24-8-11)15(16,17)18/h7,9,11-12H,4-6,8H2,1-3H3,(H2,19,20,23)/t11-,12-/m0/s1. The minimum absolute atomic E-state index is 0.150. The van der Waals surface area contributed by atoms with E-state index in [0.29, 0.717) is 11.7 Å². The molecule has 0 unspecified atom stereocenters. The zero-order chi connectivity index (χ0) is 17.9. The predicted molar refractivity (Wildman–Crippen MR) is 82.7 cm³/mol. The fraction of sp³-hybridized carbons (Fsp3) is 0.733. The minimum atomic E-state index is -4.40. The zero-order valence-electron chi connectivity index (χ0n) is 14.0. The van der Waals surface area contributed by atoms with Gasteiger partial charge in [0.25, 0.3) is 0 Å². The molecule has 0 aromatic carbocycles. The van der Waals surface area contributed by atoms with E-state index in [4.69, 9.17) is 0 Å². The molecule has 1 aromatic rings. The normalized spacial score (nSPS) is 21.3. The number of alkyl halides is 3. The van der Waals surface area contributed by atoms with E-state index in [1.54, 1.807) is 17.8 Å². The zero-order valence-corrected chi connectivity index (χ0v) is 14.0. The Morgan fingerprint density at radius 2 is 2.21 bits per heavy atom. The fourth-order valence-electron chi connectivity index (χ4n) is 2.50. The van der Waals surface area contributed by atoms with E-state index in [-0.39, 0.29) is 13.0 Å². The van der Waals surface area contributed by atoms with Gasteiger partial charge in [-0.15, -0.1) is 0 Å². The Balaban J connectivity index is 1.85. The molecule has 2 heterocycles. The Hall–Kier alpha value is -1.77. The van der Waals surface area contributed by atoms with Gasteiger partial charge in [0.15, 0.2) is 6.10 Å². The van der Waals surface area contributed by atoms with E-state index in [0.717, 1.165) is 18.5 Å². The first-order chi connectivity index (χ1) is 11.1. The number of rotatable bonds is 5. The number of hydrogen-bond acceptors (Lipinski definition) is 3. The number of aromatic nitrogens is 2. The summed E-state index contributed by atoms with van der Waals surface area (Å²) >= 11 is 0. The van der Waals surface area contributed by atoms with E-state index in [2.05, 4.69) is 34.3 Å². The first-order valence-electron chi connectivity index (χ1n) is 7.94. The summed E-state index contributed by atoms with van der Waals surface area (Å²) in [6.45, 7) is 4.09. The molecule has 2 atom stereocenters. The van der Waals surface area contributed by atoms with Gasteiger partial charge in [0, 0.05) is 19.5 Å². The van der Waals surface area contributed by atoms with Gasteiger partial charge in [-0.1, -0.05) is 13.8 Å². The molecule has 136 valence electrons. The molecule has 1 fully saturated rings. The van der Waals surface area contributed by atoms with Crippen LogP contribution in [0.4, 0.5) is 23.8 Å². The van der Waals surface area contributed by atoms with E-state index in [9.17, 15) is 18.0 Å². The second kappa shape index (κ2) is 7.42. The van der Waals surface area contributed by atoms with Gasteiger partial charge in [-0.25, -0.2) is 4.79 Å². The van der Waals surface area contributed by atoms with Gasteiger partial charge in [-0.3, -0.25) is 10.00 Å². The van der Waals surface area contributed by atoms with Gasteiger partial charge >= 0.3 is 12.2 Å². The van der Waals surface area contributed by atoms with Crippen molar-refractivity contribution in [2.75, 3.05) is 11.9 Å². The molecular formula is C15H23F3N4O2. The van der Waals surface area contributed by atoms with E-state index in [1.165, 1.54) is 0 Å². The molecule has 0 radical (unpaired) electrons. The number of hydrogen-bond donors (Lipinski definition) is 2. The third-order valence-electron chi connectivity index (χ3n) is 3.85. The molecule has 1 aliphatic rings. The van der Waals surface area contributed by atoms with Crippen molar-refractivity contribution in [1.82, 2.24) is 15.1 Å². The van der Waals surface area contributed by atoms with Gasteiger partial charge in [-0.2, -0.15) is 18.3 Å². The quantitative estimate of drug-likeness (QED) is 0.860. The second-order valence-electron chi connectivity index (χ2n) is 6.47. The van der Waals surface area contributed by atoms with Crippen molar-refractivity contribution in [2.45, 2.75) is 51.4 Å². The number of amides is 2. The summed E-state index contributed by atoms with van der Waals surface area (Å²) in [6, 6.07) is 0.543. The molecular weight excluding hydrogens is 325 g/mol. The Kier molecular flexibility index (Phi) is 5.74. The van der Waals surface area contributed by atoms with Crippen LogP contribution in [0.3, 0.4) is 0 Å². The van der Waals surface area contributed by atoms with Crippen molar-refractivity contribution < 1.29 is 22.7 Å². The number of nitrogens with zero attached hydrogens (tertiary/aromatic N) is 2. The van der Waals surface area contributed by atoms with Crippen molar-refractivity contribution in [3.05, 3.63) is 11.8 Å². The first kappa shape index (κ1) is 18.6. The highest BCUT2D eigenvalue weighted by Crippen LogP contribution is 2.30. The highest BCUT2D eigenvalue weighted by Gasteiger charge is 2.45. The van der Waals surface area contributed by atoms with E-state index in [1.807, 2.05) is 0 Å². The number of halogens is 3. The molecule has 2 N–H and O–H groups in total. The van der Waals surface area contributed by atoms with Crippen LogP contribution in [0.15, 0.2) is 6.07 Å². The minimum Gasteiger partial charge on any atom is -0.367 e. The van der Waals surface area contributed by atoms with Crippen molar-refractivity contribution >= 4 is 11.8 Å². The monoisotopic (exact) mass is 348 g/mol. The van der Waals surface area contributed by atoms with Gasteiger partial charge in [0.05, 0.1) is 18.3 Å². The molecule has 0 bridgehead atoms. The van der Waals surface area contributed by atoms with Gasteiger partial charge < -0.3 is 10.1 Å². The molecule has 24 heavy (non-hydrogen) atoms. The van der Waals surface area contributed by atoms with Crippen LogP contribution >= 0.6 is 0 Å². The summed E-state index contributed by atoms with van der Waals surface area (Å²) in [4.78, 5) is 12.0. The summed E-state index contributed by atoms with van der Waals surface area (Å²) in [6.07, 6.45) is -4.70. The predicted octanol–water partition coefficient (Wildman–Crippen LogP) is 2.85. The van der Waals surface area contributed by atoms with Crippen LogP contribution in [0.5, 0.6) is 0 Å². The molecule has 2 rings (SSSR count). The Labute approximate surface area is 138 Å². The molecule has 0 aliphatic carbocycles. The Morgan fingerprint density at radius 3 is 2.79 bits per heavy atom. The number of urea groups is 1. The summed E-state index contributed by atoms with van der Waals surface area (Å²) in [5, 5.41) is 9.42. The van der Waals surface area contributed by atoms with Gasteiger partial charge in [0.1, 0.15) is 5.82 Å². The van der Waals surface area contributed by atoms with E-state index >= 15 is 0 Å². The molecule has 0 saturated carbocycles. The van der Waals surface area contributed by atoms with Crippen molar-refractivity contribution in [3.63, 3.8) is 0 Å². The maximum atomic E-state index is 12.5. The fourth-order valence-corrected chi connectivity index (χ4v) is 2.50. The Bertz CT molecular complexity index is 572. The molecule has 1 saturated heterocycles. The molecule has 0 spiro atoms. The number of nitrogens with one attached hydrogen (secondary N) is 2. The van der Waals surface area contributed by atoms with Crippen LogP contribution in [-0.2, 0) is 18.2 Å². The van der Waals surface area contributed by atoms with E-state index < -0.39 is 24.4 Å².